The molecule has 2 aliphatic rings. The van der Waals surface area contributed by atoms with Crippen molar-refractivity contribution >= 4 is 28.9 Å². The lowest BCUT2D eigenvalue weighted by Crippen LogP contribution is -2.45. The van der Waals surface area contributed by atoms with Crippen molar-refractivity contribution in [1.29, 1.82) is 0 Å². The Labute approximate surface area is 242 Å². The van der Waals surface area contributed by atoms with E-state index < -0.39 is 0 Å². The third-order valence-corrected chi connectivity index (χ3v) is 7.59. The molecule has 3 rings (SSSR count). The van der Waals surface area contributed by atoms with Gasteiger partial charge in [-0.15, -0.1) is 13.2 Å². The summed E-state index contributed by atoms with van der Waals surface area (Å²) in [6.07, 6.45) is 15.1. The number of allylic oxidation sites excluding steroid dienone is 5. The van der Waals surface area contributed by atoms with E-state index in [2.05, 4.69) is 60.0 Å². The smallest absolute Gasteiger partial charge is 0.0612 e. The van der Waals surface area contributed by atoms with Crippen molar-refractivity contribution in [2.24, 2.45) is 11.7 Å². The minimum Gasteiger partial charge on any atom is -0.384 e. The Morgan fingerprint density at radius 3 is 2.39 bits per heavy atom. The fourth-order valence-corrected chi connectivity index (χ4v) is 5.13. The minimum atomic E-state index is 0.571. The van der Waals surface area contributed by atoms with Crippen LogP contribution in [-0.2, 0) is 4.74 Å². The summed E-state index contributed by atoms with van der Waals surface area (Å²) >= 11 is 11.7. The lowest BCUT2D eigenvalue weighted by atomic mass is 9.80. The number of likely N-dealkylation sites (N-methyl/N-ethyl adjacent to an activating group) is 1. The van der Waals surface area contributed by atoms with Crippen LogP contribution in [0.4, 0.5) is 5.69 Å². The molecule has 0 atom stereocenters. The van der Waals surface area contributed by atoms with Crippen LogP contribution in [0.25, 0.3) is 0 Å². The maximum atomic E-state index is 5.91. The average Bonchev–Trinajstić information content (AvgIpc) is 2.95. The molecular weight excluding hydrogens is 515 g/mol. The third-order valence-electron chi connectivity index (χ3n) is 6.85. The number of halogens is 2. The number of benzene rings is 1. The zero-order valence-electron chi connectivity index (χ0n) is 23.6. The molecule has 1 aliphatic heterocycles. The largest absolute Gasteiger partial charge is 0.384 e. The quantitative estimate of drug-likeness (QED) is 0.222. The maximum absolute atomic E-state index is 5.91. The number of anilines is 1. The molecule has 214 valence electrons. The molecule has 0 amide bonds. The summed E-state index contributed by atoms with van der Waals surface area (Å²) in [5.41, 5.74) is 7.96. The van der Waals surface area contributed by atoms with Gasteiger partial charge in [-0.2, -0.15) is 0 Å². The van der Waals surface area contributed by atoms with Gasteiger partial charge in [0.1, 0.15) is 0 Å². The van der Waals surface area contributed by atoms with Crippen molar-refractivity contribution in [3.8, 4) is 0 Å². The van der Waals surface area contributed by atoms with E-state index in [1.165, 1.54) is 31.3 Å². The van der Waals surface area contributed by atoms with Gasteiger partial charge in [-0.05, 0) is 68.8 Å². The van der Waals surface area contributed by atoms with Crippen LogP contribution in [-0.4, -0.2) is 75.4 Å². The average molecular weight is 566 g/mol. The van der Waals surface area contributed by atoms with Crippen molar-refractivity contribution in [2.75, 3.05) is 64.8 Å². The normalized spacial score (nSPS) is 20.3. The van der Waals surface area contributed by atoms with Gasteiger partial charge < -0.3 is 20.7 Å². The molecule has 0 spiro atoms. The summed E-state index contributed by atoms with van der Waals surface area (Å²) < 4.78 is 5.46. The fourth-order valence-electron chi connectivity index (χ4n) is 4.83. The highest BCUT2D eigenvalue weighted by molar-refractivity contribution is 6.42. The van der Waals surface area contributed by atoms with Gasteiger partial charge >= 0.3 is 0 Å². The third kappa shape index (κ3) is 13.5. The molecule has 1 aromatic carbocycles. The number of hydrogen-bond acceptors (Lipinski definition) is 5. The molecule has 7 heteroatoms. The Bertz CT molecular complexity index is 831. The van der Waals surface area contributed by atoms with Gasteiger partial charge in [0.15, 0.2) is 0 Å². The molecule has 0 bridgehead atoms. The van der Waals surface area contributed by atoms with E-state index in [9.17, 15) is 0 Å². The molecule has 0 aromatic heterocycles. The number of nitrogens with zero attached hydrogens (tertiary/aromatic N) is 2. The molecule has 1 saturated carbocycles. The number of ether oxygens (including phenoxy) is 1. The van der Waals surface area contributed by atoms with E-state index >= 15 is 0 Å². The molecule has 1 aliphatic carbocycles. The Balaban J connectivity index is 0.000000365. The molecular formula is C31H50Cl2N4O. The first-order valence-electron chi connectivity index (χ1n) is 13.9. The maximum Gasteiger partial charge on any atom is 0.0612 e. The molecule has 0 radical (unpaired) electrons. The summed E-state index contributed by atoms with van der Waals surface area (Å²) in [5, 5.41) is 4.42. The number of nitrogens with two attached hydrogens (primary N) is 1. The van der Waals surface area contributed by atoms with Gasteiger partial charge in [0.25, 0.3) is 0 Å². The molecule has 2 fully saturated rings. The topological polar surface area (TPSA) is 53.8 Å². The number of hydrogen-bond donors (Lipinski definition) is 2. The highest BCUT2D eigenvalue weighted by Gasteiger charge is 2.27. The fraction of sp³-hybridized carbons (Fsp3) is 0.548. The van der Waals surface area contributed by atoms with Crippen LogP contribution in [0, 0.1) is 5.92 Å². The van der Waals surface area contributed by atoms with Gasteiger partial charge in [-0.25, -0.2) is 0 Å². The van der Waals surface area contributed by atoms with Crippen molar-refractivity contribution in [2.45, 2.75) is 45.1 Å². The van der Waals surface area contributed by atoms with Crippen LogP contribution < -0.4 is 11.1 Å². The second kappa shape index (κ2) is 21.2. The molecule has 38 heavy (non-hydrogen) atoms. The predicted octanol–water partition coefficient (Wildman–Crippen LogP) is 7.05. The number of morpholine rings is 1. The summed E-state index contributed by atoms with van der Waals surface area (Å²) in [4.78, 5) is 4.81. The minimum absolute atomic E-state index is 0.571. The molecule has 0 unspecified atom stereocenters. The molecule has 1 saturated heterocycles. The van der Waals surface area contributed by atoms with Gasteiger partial charge in [-0.1, -0.05) is 61.0 Å². The van der Waals surface area contributed by atoms with E-state index in [1.807, 2.05) is 25.3 Å². The lowest BCUT2D eigenvalue weighted by Gasteiger charge is -2.39. The van der Waals surface area contributed by atoms with E-state index in [0.717, 1.165) is 70.0 Å². The van der Waals surface area contributed by atoms with E-state index in [4.69, 9.17) is 33.7 Å². The predicted molar refractivity (Wildman–Crippen MR) is 169 cm³/mol. The van der Waals surface area contributed by atoms with E-state index in [1.54, 1.807) is 6.07 Å². The summed E-state index contributed by atoms with van der Waals surface area (Å²) in [5.74, 6) is 0.753. The van der Waals surface area contributed by atoms with Gasteiger partial charge in [-0.3, -0.25) is 4.90 Å². The van der Waals surface area contributed by atoms with Crippen molar-refractivity contribution in [3.63, 3.8) is 0 Å². The summed E-state index contributed by atoms with van der Waals surface area (Å²) in [6, 6.07) is 6.32. The highest BCUT2D eigenvalue weighted by atomic mass is 35.5. The van der Waals surface area contributed by atoms with Crippen LogP contribution in [0.3, 0.4) is 0 Å². The first-order valence-corrected chi connectivity index (χ1v) is 14.6. The molecule has 3 N–H and O–H groups in total. The SMILES string of the molecule is C=C.C=C/C=C\C(=C/CC)C1CCC(N2CCOCC2)CC1.CN(CCN)CCNc1ccc(Cl)c(Cl)c1. The number of nitrogens with one attached hydrogen (secondary N) is 1. The second-order valence-corrected chi connectivity index (χ2v) is 10.3. The first kappa shape index (κ1) is 34.4. The van der Waals surface area contributed by atoms with E-state index in [0.29, 0.717) is 16.6 Å². The van der Waals surface area contributed by atoms with Gasteiger partial charge in [0, 0.05) is 51.0 Å². The van der Waals surface area contributed by atoms with Crippen LogP contribution in [0.5, 0.6) is 0 Å². The van der Waals surface area contributed by atoms with Gasteiger partial charge in [0.2, 0.25) is 0 Å². The van der Waals surface area contributed by atoms with Crippen LogP contribution in [0.2, 0.25) is 10.0 Å². The Morgan fingerprint density at radius 1 is 1.13 bits per heavy atom. The first-order chi connectivity index (χ1) is 18.5. The number of rotatable bonds is 11. The Hall–Kier alpha value is -1.60. The second-order valence-electron chi connectivity index (χ2n) is 9.51. The van der Waals surface area contributed by atoms with Crippen molar-refractivity contribution in [3.05, 3.63) is 77.9 Å². The van der Waals surface area contributed by atoms with Crippen molar-refractivity contribution < 1.29 is 4.74 Å². The zero-order valence-corrected chi connectivity index (χ0v) is 25.2. The zero-order chi connectivity index (χ0) is 28.2. The molecule has 5 nitrogen and oxygen atoms in total. The molecule has 1 aromatic rings. The van der Waals surface area contributed by atoms with Crippen LogP contribution in [0.15, 0.2) is 67.8 Å². The lowest BCUT2D eigenvalue weighted by molar-refractivity contribution is 0.00621. The van der Waals surface area contributed by atoms with Crippen LogP contribution >= 0.6 is 23.2 Å². The highest BCUT2D eigenvalue weighted by Crippen LogP contribution is 2.33. The standard InChI is InChI=1S/C18H29NO.C11H17Cl2N3.C2H4/c1-3-5-7-16(6-4-2)17-8-10-18(11-9-17)19-12-14-20-15-13-19;1-16(6-4-14)7-5-15-9-2-3-10(12)11(13)8-9;1-2/h3,5-7,17-18H,1,4,8-15H2,2H3;2-3,8,15H,4-7,14H2,1H3;1-2H2/b7-5-,16-6+;;. The van der Waals surface area contributed by atoms with Crippen molar-refractivity contribution in [1.82, 2.24) is 9.80 Å². The van der Waals surface area contributed by atoms with Crippen LogP contribution in [0.1, 0.15) is 39.0 Å². The summed E-state index contributed by atoms with van der Waals surface area (Å²) in [6.45, 7) is 19.5. The Kier molecular flexibility index (Phi) is 19.3. The Morgan fingerprint density at radius 2 is 1.82 bits per heavy atom. The van der Waals surface area contributed by atoms with Gasteiger partial charge in [0.05, 0.1) is 23.3 Å². The summed E-state index contributed by atoms with van der Waals surface area (Å²) in [7, 11) is 2.05. The van der Waals surface area contributed by atoms with E-state index in [-0.39, 0.29) is 0 Å². The molecule has 1 heterocycles. The monoisotopic (exact) mass is 564 g/mol.